The zero-order valence-corrected chi connectivity index (χ0v) is 12.0. The Morgan fingerprint density at radius 2 is 1.91 bits per heavy atom. The molecule has 1 aliphatic carbocycles. The number of fused-ring (bicyclic) bond motifs is 1. The lowest BCUT2D eigenvalue weighted by Crippen LogP contribution is -2.36. The largest absolute Gasteiger partial charge is 0.416 e. The third-order valence-corrected chi connectivity index (χ3v) is 4.12. The van der Waals surface area contributed by atoms with Gasteiger partial charge in [0, 0.05) is 12.8 Å². The molecule has 116 valence electrons. The van der Waals surface area contributed by atoms with Gasteiger partial charge in [0.25, 0.3) is 0 Å². The molecule has 2 unspecified atom stereocenters. The second kappa shape index (κ2) is 5.34. The van der Waals surface area contributed by atoms with Gasteiger partial charge in [-0.2, -0.15) is 23.4 Å². The highest BCUT2D eigenvalue weighted by Crippen LogP contribution is 2.32. The van der Waals surface area contributed by atoms with Crippen LogP contribution in [0.4, 0.5) is 13.2 Å². The fourth-order valence-corrected chi connectivity index (χ4v) is 2.99. The Bertz CT molecular complexity index is 676. The van der Waals surface area contributed by atoms with Crippen molar-refractivity contribution in [1.29, 1.82) is 0 Å². The minimum Gasteiger partial charge on any atom is -0.299 e. The van der Waals surface area contributed by atoms with Crippen LogP contribution in [0.25, 0.3) is 0 Å². The van der Waals surface area contributed by atoms with E-state index < -0.39 is 11.7 Å². The first-order chi connectivity index (χ1) is 10.3. The molecule has 3 nitrogen and oxygen atoms in total. The number of hydrogen-bond donors (Lipinski definition) is 0. The van der Waals surface area contributed by atoms with E-state index in [2.05, 4.69) is 10.2 Å². The smallest absolute Gasteiger partial charge is 0.299 e. The summed E-state index contributed by atoms with van der Waals surface area (Å²) >= 11 is 0. The third-order valence-electron chi connectivity index (χ3n) is 4.12. The van der Waals surface area contributed by atoms with Gasteiger partial charge in [-0.05, 0) is 30.0 Å². The first-order valence-electron chi connectivity index (χ1n) is 7.18. The van der Waals surface area contributed by atoms with Crippen LogP contribution in [0.3, 0.4) is 0 Å². The van der Waals surface area contributed by atoms with E-state index >= 15 is 0 Å². The highest BCUT2D eigenvalue weighted by molar-refractivity contribution is 6.14. The molecule has 6 heteroatoms. The van der Waals surface area contributed by atoms with E-state index in [0.29, 0.717) is 24.1 Å². The van der Waals surface area contributed by atoms with Gasteiger partial charge in [0.05, 0.1) is 22.9 Å². The molecule has 2 atom stereocenters. The Morgan fingerprint density at radius 3 is 2.64 bits per heavy atom. The summed E-state index contributed by atoms with van der Waals surface area (Å²) in [4.78, 5) is 12.1. The second-order valence-electron chi connectivity index (χ2n) is 5.95. The Balaban J connectivity index is 1.92. The molecule has 1 aromatic rings. The second-order valence-corrected chi connectivity index (χ2v) is 5.95. The summed E-state index contributed by atoms with van der Waals surface area (Å²) in [5.74, 6) is 0.0444. The Morgan fingerprint density at radius 1 is 1.14 bits per heavy atom. The number of alkyl halides is 3. The molecule has 0 spiro atoms. The zero-order chi connectivity index (χ0) is 15.9. The van der Waals surface area contributed by atoms with Gasteiger partial charge >= 0.3 is 6.18 Å². The molecule has 0 amide bonds. The van der Waals surface area contributed by atoms with Crippen LogP contribution in [-0.2, 0) is 11.0 Å². The quantitative estimate of drug-likeness (QED) is 0.776. The van der Waals surface area contributed by atoms with E-state index in [-0.39, 0.29) is 17.6 Å². The van der Waals surface area contributed by atoms with Crippen LogP contribution in [0, 0.1) is 11.8 Å². The summed E-state index contributed by atoms with van der Waals surface area (Å²) in [6, 6.07) is 5.01. The van der Waals surface area contributed by atoms with Crippen LogP contribution in [0.5, 0.6) is 0 Å². The Kier molecular flexibility index (Phi) is 3.62. The van der Waals surface area contributed by atoms with E-state index in [0.717, 1.165) is 24.3 Å². The fourth-order valence-electron chi connectivity index (χ4n) is 2.99. The van der Waals surface area contributed by atoms with Crippen molar-refractivity contribution in [1.82, 2.24) is 0 Å². The molecular weight excluding hydrogens is 293 g/mol. The highest BCUT2D eigenvalue weighted by atomic mass is 19.4. The zero-order valence-electron chi connectivity index (χ0n) is 12.0. The van der Waals surface area contributed by atoms with Crippen LogP contribution >= 0.6 is 0 Å². The number of Topliss-reactive ketones (excluding diaryl/α,β-unsaturated/α-hetero) is 1. The molecule has 0 saturated heterocycles. The number of halogens is 3. The van der Waals surface area contributed by atoms with Crippen molar-refractivity contribution < 1.29 is 18.0 Å². The number of hydrogen-bond acceptors (Lipinski definition) is 3. The fraction of sp³-hybridized carbons (Fsp3) is 0.438. The predicted molar refractivity (Wildman–Crippen MR) is 76.9 cm³/mol. The SMILES string of the molecule is CC1CC(=O)C2CC(c3cccc(C(F)(F)F)c3)=NN=C2C1. The minimum absolute atomic E-state index is 0.108. The van der Waals surface area contributed by atoms with E-state index in [9.17, 15) is 18.0 Å². The van der Waals surface area contributed by atoms with Crippen molar-refractivity contribution in [2.75, 3.05) is 0 Å². The first-order valence-corrected chi connectivity index (χ1v) is 7.18. The number of nitrogens with zero attached hydrogens (tertiary/aromatic N) is 2. The van der Waals surface area contributed by atoms with Crippen LogP contribution in [0.2, 0.25) is 0 Å². The number of carbonyl (C=O) groups is 1. The summed E-state index contributed by atoms with van der Waals surface area (Å²) in [6.45, 7) is 1.99. The summed E-state index contributed by atoms with van der Waals surface area (Å²) in [5.41, 5.74) is 0.873. The molecule has 0 N–H and O–H groups in total. The van der Waals surface area contributed by atoms with Crippen molar-refractivity contribution in [2.45, 2.75) is 32.4 Å². The lowest BCUT2D eigenvalue weighted by Gasteiger charge is -2.29. The van der Waals surface area contributed by atoms with Gasteiger partial charge in [-0.15, -0.1) is 0 Å². The molecule has 3 rings (SSSR count). The summed E-state index contributed by atoms with van der Waals surface area (Å²) in [5, 5.41) is 8.17. The van der Waals surface area contributed by atoms with Crippen molar-refractivity contribution >= 4 is 17.2 Å². The van der Waals surface area contributed by atoms with Crippen molar-refractivity contribution in [2.24, 2.45) is 22.0 Å². The average molecular weight is 308 g/mol. The standard InChI is InChI=1S/C16H15F3N2O/c1-9-5-14-12(15(22)6-9)8-13(20-21-14)10-3-2-4-11(7-10)16(17,18)19/h2-4,7,9,12H,5-6,8H2,1H3. The van der Waals surface area contributed by atoms with Crippen molar-refractivity contribution in [3.63, 3.8) is 0 Å². The molecule has 1 aliphatic heterocycles. The highest BCUT2D eigenvalue weighted by Gasteiger charge is 2.36. The number of ketones is 1. The van der Waals surface area contributed by atoms with E-state index in [1.54, 1.807) is 6.07 Å². The average Bonchev–Trinajstić information content (AvgIpc) is 2.46. The molecule has 1 fully saturated rings. The van der Waals surface area contributed by atoms with Crippen LogP contribution in [0.15, 0.2) is 34.5 Å². The van der Waals surface area contributed by atoms with Crippen LogP contribution < -0.4 is 0 Å². The summed E-state index contributed by atoms with van der Waals surface area (Å²) in [6.07, 6.45) is -2.82. The van der Waals surface area contributed by atoms with E-state index in [1.165, 1.54) is 6.07 Å². The van der Waals surface area contributed by atoms with E-state index in [4.69, 9.17) is 0 Å². The maximum absolute atomic E-state index is 12.8. The van der Waals surface area contributed by atoms with Gasteiger partial charge in [-0.25, -0.2) is 0 Å². The monoisotopic (exact) mass is 308 g/mol. The maximum Gasteiger partial charge on any atom is 0.416 e. The number of rotatable bonds is 1. The predicted octanol–water partition coefficient (Wildman–Crippen LogP) is 3.87. The molecule has 1 saturated carbocycles. The molecule has 0 radical (unpaired) electrons. The lowest BCUT2D eigenvalue weighted by atomic mass is 9.77. The molecular formula is C16H15F3N2O. The molecule has 2 aliphatic rings. The van der Waals surface area contributed by atoms with Gasteiger partial charge in [0.15, 0.2) is 0 Å². The normalized spacial score (nSPS) is 25.4. The summed E-state index contributed by atoms with van der Waals surface area (Å²) in [7, 11) is 0. The molecule has 1 heterocycles. The van der Waals surface area contributed by atoms with Gasteiger partial charge in [-0.3, -0.25) is 4.79 Å². The maximum atomic E-state index is 12.8. The van der Waals surface area contributed by atoms with Crippen LogP contribution in [0.1, 0.15) is 37.3 Å². The van der Waals surface area contributed by atoms with E-state index in [1.807, 2.05) is 6.92 Å². The van der Waals surface area contributed by atoms with Crippen molar-refractivity contribution in [3.05, 3.63) is 35.4 Å². The topological polar surface area (TPSA) is 41.8 Å². The molecule has 0 bridgehead atoms. The first kappa shape index (κ1) is 14.9. The van der Waals surface area contributed by atoms with Gasteiger partial charge < -0.3 is 0 Å². The molecule has 1 aromatic carbocycles. The van der Waals surface area contributed by atoms with Gasteiger partial charge in [-0.1, -0.05) is 19.1 Å². The lowest BCUT2D eigenvalue weighted by molar-refractivity contribution is -0.137. The van der Waals surface area contributed by atoms with Gasteiger partial charge in [0.2, 0.25) is 0 Å². The van der Waals surface area contributed by atoms with Gasteiger partial charge in [0.1, 0.15) is 5.78 Å². The summed E-state index contributed by atoms with van der Waals surface area (Å²) < 4.78 is 38.4. The number of carbonyl (C=O) groups excluding carboxylic acids is 1. The molecule has 0 aromatic heterocycles. The van der Waals surface area contributed by atoms with Crippen molar-refractivity contribution in [3.8, 4) is 0 Å². The van der Waals surface area contributed by atoms with Crippen LogP contribution in [-0.4, -0.2) is 17.2 Å². The Labute approximate surface area is 125 Å². The third kappa shape index (κ3) is 2.82. The number of benzene rings is 1. The Hall–Kier alpha value is -1.98. The molecule has 22 heavy (non-hydrogen) atoms. The minimum atomic E-state index is -4.39.